The number of carbonyl (C=O) groups excluding carboxylic acids is 2. The summed E-state index contributed by atoms with van der Waals surface area (Å²) in [6.45, 7) is 1.12. The first-order valence-electron chi connectivity index (χ1n) is 9.72. The molecule has 0 aliphatic carbocycles. The van der Waals surface area contributed by atoms with Crippen molar-refractivity contribution < 1.29 is 19.4 Å². The van der Waals surface area contributed by atoms with E-state index in [1.165, 1.54) is 0 Å². The van der Waals surface area contributed by atoms with Crippen molar-refractivity contribution in [3.63, 3.8) is 0 Å². The van der Waals surface area contributed by atoms with E-state index in [9.17, 15) is 14.7 Å². The molecule has 4 rings (SSSR count). The largest absolute Gasteiger partial charge is 0.455 e. The Morgan fingerprint density at radius 1 is 1.26 bits per heavy atom. The third-order valence-corrected chi connectivity index (χ3v) is 6.63. The predicted molar refractivity (Wildman–Crippen MR) is 120 cm³/mol. The number of carbonyl (C=O) groups is 2. The van der Waals surface area contributed by atoms with Crippen molar-refractivity contribution in [1.29, 1.82) is 0 Å². The van der Waals surface area contributed by atoms with Gasteiger partial charge in [-0.25, -0.2) is 4.98 Å². The van der Waals surface area contributed by atoms with Gasteiger partial charge in [0.05, 0.1) is 28.6 Å². The van der Waals surface area contributed by atoms with Crippen LogP contribution in [-0.2, 0) is 11.2 Å². The van der Waals surface area contributed by atoms with Gasteiger partial charge in [-0.2, -0.15) is 0 Å². The molecule has 0 saturated carbocycles. The average Bonchev–Trinajstić information content (AvgIpc) is 3.08. The number of hydrogen-bond donors (Lipinski definition) is 3. The van der Waals surface area contributed by atoms with Crippen LogP contribution in [0.2, 0.25) is 5.02 Å². The Bertz CT molecular complexity index is 1160. The molecule has 1 saturated heterocycles. The fourth-order valence-corrected chi connectivity index (χ4v) is 4.72. The number of aliphatic hydroxyl groups is 1. The lowest BCUT2D eigenvalue weighted by Gasteiger charge is -2.29. The van der Waals surface area contributed by atoms with E-state index in [0.717, 1.165) is 16.9 Å². The van der Waals surface area contributed by atoms with Crippen molar-refractivity contribution in [3.05, 3.63) is 45.9 Å². The van der Waals surface area contributed by atoms with Gasteiger partial charge in [-0.1, -0.05) is 17.7 Å². The first-order chi connectivity index (χ1) is 14.8. The summed E-state index contributed by atoms with van der Waals surface area (Å²) in [6, 6.07) is 6.79. The first kappa shape index (κ1) is 21.4. The van der Waals surface area contributed by atoms with Gasteiger partial charge in [0.1, 0.15) is 21.2 Å². The summed E-state index contributed by atoms with van der Waals surface area (Å²) < 4.78 is 5.96. The van der Waals surface area contributed by atoms with E-state index >= 15 is 0 Å². The fraction of sp³-hybridized carbons (Fsp3) is 0.286. The fourth-order valence-electron chi connectivity index (χ4n) is 3.54. The van der Waals surface area contributed by atoms with Crippen molar-refractivity contribution in [2.24, 2.45) is 5.73 Å². The van der Waals surface area contributed by atoms with Gasteiger partial charge in [0.25, 0.3) is 5.91 Å². The van der Waals surface area contributed by atoms with E-state index in [1.807, 2.05) is 0 Å². The van der Waals surface area contributed by atoms with Gasteiger partial charge < -0.3 is 26.2 Å². The molecular formula is C21H21ClN4O4S. The van der Waals surface area contributed by atoms with Crippen LogP contribution in [0.4, 0.5) is 5.69 Å². The lowest BCUT2D eigenvalue weighted by molar-refractivity contribution is -0.132. The highest BCUT2D eigenvalue weighted by Gasteiger charge is 2.22. The first-order valence-corrected chi connectivity index (χ1v) is 10.9. The van der Waals surface area contributed by atoms with E-state index < -0.39 is 5.91 Å². The summed E-state index contributed by atoms with van der Waals surface area (Å²) in [7, 11) is 0. The zero-order valence-electron chi connectivity index (χ0n) is 16.5. The van der Waals surface area contributed by atoms with Gasteiger partial charge in [-0.05, 0) is 36.6 Å². The molecule has 0 radical (unpaired) electrons. The lowest BCUT2D eigenvalue weighted by atomic mass is 10.1. The number of aromatic nitrogens is 1. The Morgan fingerprint density at radius 3 is 2.68 bits per heavy atom. The molecule has 5 N–H and O–H groups in total. The predicted octanol–water partition coefficient (Wildman–Crippen LogP) is 2.95. The number of ether oxygens (including phenoxy) is 1. The molecular weight excluding hydrogens is 440 g/mol. The zero-order valence-corrected chi connectivity index (χ0v) is 18.1. The van der Waals surface area contributed by atoms with Gasteiger partial charge in [0.2, 0.25) is 5.91 Å². The number of amides is 2. The van der Waals surface area contributed by atoms with Crippen molar-refractivity contribution in [2.75, 3.05) is 18.8 Å². The molecule has 8 nitrogen and oxygen atoms in total. The number of rotatable bonds is 5. The van der Waals surface area contributed by atoms with E-state index in [-0.39, 0.29) is 29.0 Å². The highest BCUT2D eigenvalue weighted by Crippen LogP contribution is 2.41. The molecule has 31 heavy (non-hydrogen) atoms. The van der Waals surface area contributed by atoms with Crippen LogP contribution in [0, 0.1) is 0 Å². The van der Waals surface area contributed by atoms with Gasteiger partial charge in [0.15, 0.2) is 0 Å². The number of benzene rings is 1. The number of likely N-dealkylation sites (tertiary alicyclic amines) is 1. The van der Waals surface area contributed by atoms with Gasteiger partial charge in [0, 0.05) is 19.3 Å². The van der Waals surface area contributed by atoms with E-state index in [1.54, 1.807) is 35.4 Å². The number of nitrogens with zero attached hydrogens (tertiary/aromatic N) is 2. The molecule has 0 atom stereocenters. The molecule has 1 aliphatic rings. The molecule has 1 fully saturated rings. The molecule has 1 aliphatic heterocycles. The molecule has 162 valence electrons. The van der Waals surface area contributed by atoms with E-state index in [2.05, 4.69) is 4.98 Å². The third kappa shape index (κ3) is 4.43. The number of primary amides is 1. The highest BCUT2D eigenvalue weighted by molar-refractivity contribution is 7.21. The normalized spacial score (nSPS) is 14.7. The van der Waals surface area contributed by atoms with Crippen molar-refractivity contribution in [2.45, 2.75) is 25.4 Å². The quantitative estimate of drug-likeness (QED) is 0.536. The second-order valence-corrected chi connectivity index (χ2v) is 8.76. The minimum atomic E-state index is -0.623. The summed E-state index contributed by atoms with van der Waals surface area (Å²) in [6.07, 6.45) is 2.64. The van der Waals surface area contributed by atoms with Gasteiger partial charge in [-0.15, -0.1) is 11.3 Å². The average molecular weight is 461 g/mol. The Balaban J connectivity index is 1.53. The summed E-state index contributed by atoms with van der Waals surface area (Å²) >= 11 is 7.52. The molecule has 0 spiro atoms. The molecule has 2 amide bonds. The second kappa shape index (κ2) is 8.70. The summed E-state index contributed by atoms with van der Waals surface area (Å²) in [5.41, 5.74) is 12.5. The van der Waals surface area contributed by atoms with Crippen LogP contribution in [0.1, 0.15) is 28.1 Å². The summed E-state index contributed by atoms with van der Waals surface area (Å²) in [4.78, 5) is 30.9. The molecule has 3 heterocycles. The number of hydrogen-bond acceptors (Lipinski definition) is 7. The molecule has 1 aromatic carbocycles. The number of anilines is 1. The van der Waals surface area contributed by atoms with Crippen molar-refractivity contribution >= 4 is 50.7 Å². The smallest absolute Gasteiger partial charge is 0.260 e. The van der Waals surface area contributed by atoms with Crippen LogP contribution in [-0.4, -0.2) is 46.0 Å². The maximum atomic E-state index is 12.5. The lowest BCUT2D eigenvalue weighted by Crippen LogP contribution is -2.40. The molecule has 10 heteroatoms. The van der Waals surface area contributed by atoms with E-state index in [4.69, 9.17) is 27.8 Å². The Kier molecular flexibility index (Phi) is 5.99. The molecule has 0 unspecified atom stereocenters. The van der Waals surface area contributed by atoms with Crippen molar-refractivity contribution in [3.8, 4) is 11.5 Å². The second-order valence-electron chi connectivity index (χ2n) is 7.35. The standard InChI is InChI=1S/C21H21ClN4O4S/c22-13-9-11(10-16(28)26-7-4-12(27)5-8-26)1-2-14(13)30-15-3-6-25-21-17(15)18(23)19(31-21)20(24)29/h1-3,6,9,12,27H,4-5,7-8,10,23H2,(H2,24,29). The number of nitrogen functional groups attached to an aromatic ring is 1. The number of pyridine rings is 1. The minimum Gasteiger partial charge on any atom is -0.455 e. The van der Waals surface area contributed by atoms with E-state index in [0.29, 0.717) is 52.7 Å². The summed E-state index contributed by atoms with van der Waals surface area (Å²) in [5, 5.41) is 10.4. The number of halogens is 1. The number of thiophene rings is 1. The minimum absolute atomic E-state index is 0.00231. The van der Waals surface area contributed by atoms with Crippen LogP contribution in [0.5, 0.6) is 11.5 Å². The van der Waals surface area contributed by atoms with Crippen LogP contribution < -0.4 is 16.2 Å². The number of fused-ring (bicyclic) bond motifs is 1. The molecule has 2 aromatic heterocycles. The summed E-state index contributed by atoms with van der Waals surface area (Å²) in [5.74, 6) is 0.167. The highest BCUT2D eigenvalue weighted by atomic mass is 35.5. The Labute approximate surface area is 187 Å². The Hall–Kier alpha value is -2.88. The topological polar surface area (TPSA) is 132 Å². The van der Waals surface area contributed by atoms with Gasteiger partial charge in [-0.3, -0.25) is 9.59 Å². The van der Waals surface area contributed by atoms with Crippen LogP contribution in [0.15, 0.2) is 30.5 Å². The Morgan fingerprint density at radius 2 is 2.00 bits per heavy atom. The monoisotopic (exact) mass is 460 g/mol. The van der Waals surface area contributed by atoms with Crippen LogP contribution in [0.3, 0.4) is 0 Å². The molecule has 0 bridgehead atoms. The maximum Gasteiger partial charge on any atom is 0.260 e. The maximum absolute atomic E-state index is 12.5. The zero-order chi connectivity index (χ0) is 22.1. The number of piperidine rings is 1. The number of nitrogens with two attached hydrogens (primary N) is 2. The van der Waals surface area contributed by atoms with Crippen LogP contribution >= 0.6 is 22.9 Å². The number of aliphatic hydroxyl groups excluding tert-OH is 1. The van der Waals surface area contributed by atoms with Crippen LogP contribution in [0.25, 0.3) is 10.2 Å². The van der Waals surface area contributed by atoms with Gasteiger partial charge >= 0.3 is 0 Å². The third-order valence-electron chi connectivity index (χ3n) is 5.20. The SMILES string of the molecule is NC(=O)c1sc2nccc(Oc3ccc(CC(=O)N4CCC(O)CC4)cc3Cl)c2c1N. The molecule has 3 aromatic rings. The van der Waals surface area contributed by atoms with Crippen molar-refractivity contribution in [1.82, 2.24) is 9.88 Å².